The first-order valence-corrected chi connectivity index (χ1v) is 5.45. The number of carbonyl (C=O) groups is 2. The third-order valence-corrected chi connectivity index (χ3v) is 2.96. The summed E-state index contributed by atoms with van der Waals surface area (Å²) in [5.41, 5.74) is 0.153. The number of hydrogen-bond donors (Lipinski definition) is 2. The Balaban J connectivity index is 2.14. The molecule has 1 saturated carbocycles. The predicted octanol–water partition coefficient (Wildman–Crippen LogP) is 0.634. The summed E-state index contributed by atoms with van der Waals surface area (Å²) in [6, 6.07) is 0. The monoisotopic (exact) mass is 213 g/mol. The number of Topliss-reactive ketones (excluding diaryl/α,β-unsaturated/α-hetero) is 1. The van der Waals surface area contributed by atoms with E-state index in [1.54, 1.807) is 0 Å². The largest absolute Gasteiger partial charge is 0.396 e. The van der Waals surface area contributed by atoms with Crippen LogP contribution in [0.25, 0.3) is 0 Å². The number of ketones is 1. The van der Waals surface area contributed by atoms with Crippen molar-refractivity contribution in [3.63, 3.8) is 0 Å². The highest BCUT2D eigenvalue weighted by molar-refractivity contribution is 5.83. The highest BCUT2D eigenvalue weighted by Crippen LogP contribution is 2.47. The molecule has 4 heteroatoms. The van der Waals surface area contributed by atoms with Gasteiger partial charge in [0.05, 0.1) is 0 Å². The van der Waals surface area contributed by atoms with E-state index in [2.05, 4.69) is 5.32 Å². The second-order valence-corrected chi connectivity index (χ2v) is 4.45. The van der Waals surface area contributed by atoms with E-state index in [0.717, 1.165) is 19.3 Å². The van der Waals surface area contributed by atoms with Crippen molar-refractivity contribution in [1.82, 2.24) is 5.32 Å². The standard InChI is InChI=1S/C11H19NO3/c1-9(14)2-3-10(15)12-8-11(4-5-11)6-7-13/h13H,2-8H2,1H3,(H,12,15). The fourth-order valence-electron chi connectivity index (χ4n) is 1.59. The van der Waals surface area contributed by atoms with Crippen LogP contribution >= 0.6 is 0 Å². The fourth-order valence-corrected chi connectivity index (χ4v) is 1.59. The van der Waals surface area contributed by atoms with Gasteiger partial charge in [-0.3, -0.25) is 4.79 Å². The van der Waals surface area contributed by atoms with E-state index >= 15 is 0 Å². The van der Waals surface area contributed by atoms with Gasteiger partial charge in [-0.15, -0.1) is 0 Å². The maximum Gasteiger partial charge on any atom is 0.220 e. The first-order valence-electron chi connectivity index (χ1n) is 5.45. The minimum atomic E-state index is -0.0607. The molecule has 0 atom stereocenters. The Kier molecular flexibility index (Phi) is 4.27. The maximum atomic E-state index is 11.3. The molecule has 15 heavy (non-hydrogen) atoms. The summed E-state index contributed by atoms with van der Waals surface area (Å²) in [7, 11) is 0. The van der Waals surface area contributed by atoms with Crippen molar-refractivity contribution in [3.8, 4) is 0 Å². The van der Waals surface area contributed by atoms with E-state index in [-0.39, 0.29) is 30.1 Å². The lowest BCUT2D eigenvalue weighted by molar-refractivity contribution is -0.124. The molecule has 0 unspecified atom stereocenters. The van der Waals surface area contributed by atoms with Crippen LogP contribution in [0.5, 0.6) is 0 Å². The van der Waals surface area contributed by atoms with Crippen molar-refractivity contribution in [2.75, 3.05) is 13.2 Å². The van der Waals surface area contributed by atoms with Gasteiger partial charge in [0.2, 0.25) is 5.91 Å². The Morgan fingerprint density at radius 1 is 1.33 bits per heavy atom. The van der Waals surface area contributed by atoms with Crippen molar-refractivity contribution >= 4 is 11.7 Å². The van der Waals surface area contributed by atoms with Gasteiger partial charge in [-0.05, 0) is 31.6 Å². The van der Waals surface area contributed by atoms with Gasteiger partial charge >= 0.3 is 0 Å². The molecule has 86 valence electrons. The van der Waals surface area contributed by atoms with Gasteiger partial charge in [0, 0.05) is 26.0 Å². The zero-order valence-electron chi connectivity index (χ0n) is 9.21. The van der Waals surface area contributed by atoms with Gasteiger partial charge in [0.15, 0.2) is 0 Å². The van der Waals surface area contributed by atoms with E-state index in [9.17, 15) is 9.59 Å². The molecular weight excluding hydrogens is 194 g/mol. The SMILES string of the molecule is CC(=O)CCC(=O)NCC1(CCO)CC1. The number of amides is 1. The molecule has 4 nitrogen and oxygen atoms in total. The molecule has 0 aromatic heterocycles. The maximum absolute atomic E-state index is 11.3. The lowest BCUT2D eigenvalue weighted by Gasteiger charge is -2.14. The molecule has 1 aliphatic rings. The highest BCUT2D eigenvalue weighted by atomic mass is 16.3. The summed E-state index contributed by atoms with van der Waals surface area (Å²) in [6.07, 6.45) is 3.53. The van der Waals surface area contributed by atoms with E-state index in [1.165, 1.54) is 6.92 Å². The number of carbonyl (C=O) groups excluding carboxylic acids is 2. The van der Waals surface area contributed by atoms with Crippen LogP contribution < -0.4 is 5.32 Å². The second-order valence-electron chi connectivity index (χ2n) is 4.45. The molecule has 0 aromatic carbocycles. The van der Waals surface area contributed by atoms with Crippen molar-refractivity contribution < 1.29 is 14.7 Å². The quantitative estimate of drug-likeness (QED) is 0.652. The Hall–Kier alpha value is -0.900. The molecule has 1 amide bonds. The van der Waals surface area contributed by atoms with Gasteiger partial charge in [0.25, 0.3) is 0 Å². The smallest absolute Gasteiger partial charge is 0.220 e. The lowest BCUT2D eigenvalue weighted by atomic mass is 10.0. The van der Waals surface area contributed by atoms with Crippen LogP contribution in [0.2, 0.25) is 0 Å². The zero-order chi connectivity index (χ0) is 11.3. The number of hydrogen-bond acceptors (Lipinski definition) is 3. The number of aliphatic hydroxyl groups excluding tert-OH is 1. The molecular formula is C11H19NO3. The third-order valence-electron chi connectivity index (χ3n) is 2.96. The van der Waals surface area contributed by atoms with Crippen LogP contribution in [-0.2, 0) is 9.59 Å². The summed E-state index contributed by atoms with van der Waals surface area (Å²) < 4.78 is 0. The molecule has 1 fully saturated rings. The minimum absolute atomic E-state index is 0.0432. The van der Waals surface area contributed by atoms with E-state index in [1.807, 2.05) is 0 Å². The molecule has 1 aliphatic carbocycles. The van der Waals surface area contributed by atoms with Crippen molar-refractivity contribution in [2.24, 2.45) is 5.41 Å². The molecule has 0 aliphatic heterocycles. The van der Waals surface area contributed by atoms with E-state index in [0.29, 0.717) is 13.0 Å². The van der Waals surface area contributed by atoms with Crippen LogP contribution in [0.1, 0.15) is 39.0 Å². The Bertz CT molecular complexity index is 246. The molecule has 0 aromatic rings. The second kappa shape index (κ2) is 5.26. The van der Waals surface area contributed by atoms with Gasteiger partial charge in [-0.2, -0.15) is 0 Å². The predicted molar refractivity (Wildman–Crippen MR) is 56.3 cm³/mol. The first-order chi connectivity index (χ1) is 7.08. The van der Waals surface area contributed by atoms with E-state index in [4.69, 9.17) is 5.11 Å². The van der Waals surface area contributed by atoms with Crippen LogP contribution in [0.4, 0.5) is 0 Å². The van der Waals surface area contributed by atoms with Crippen molar-refractivity contribution in [2.45, 2.75) is 39.0 Å². The van der Waals surface area contributed by atoms with Gasteiger partial charge in [-0.1, -0.05) is 0 Å². The molecule has 2 N–H and O–H groups in total. The summed E-state index contributed by atoms with van der Waals surface area (Å²) >= 11 is 0. The fraction of sp³-hybridized carbons (Fsp3) is 0.818. The summed E-state index contributed by atoms with van der Waals surface area (Å²) in [4.78, 5) is 22.0. The molecule has 0 heterocycles. The minimum Gasteiger partial charge on any atom is -0.396 e. The van der Waals surface area contributed by atoms with Gasteiger partial charge in [0.1, 0.15) is 5.78 Å². The molecule has 0 spiro atoms. The Morgan fingerprint density at radius 2 is 2.00 bits per heavy atom. The average Bonchev–Trinajstić information content (AvgIpc) is 2.93. The topological polar surface area (TPSA) is 66.4 Å². The molecule has 0 saturated heterocycles. The first kappa shape index (κ1) is 12.2. The normalized spacial score (nSPS) is 17.2. The van der Waals surface area contributed by atoms with Crippen LogP contribution in [0.3, 0.4) is 0 Å². The number of rotatable bonds is 7. The average molecular weight is 213 g/mol. The zero-order valence-corrected chi connectivity index (χ0v) is 9.21. The summed E-state index contributed by atoms with van der Waals surface area (Å²) in [5.74, 6) is -0.0175. The summed E-state index contributed by atoms with van der Waals surface area (Å²) in [6.45, 7) is 2.31. The van der Waals surface area contributed by atoms with Gasteiger partial charge < -0.3 is 15.2 Å². The number of nitrogens with one attached hydrogen (secondary N) is 1. The number of aliphatic hydroxyl groups is 1. The van der Waals surface area contributed by atoms with E-state index < -0.39 is 0 Å². The highest BCUT2D eigenvalue weighted by Gasteiger charge is 2.41. The van der Waals surface area contributed by atoms with Crippen LogP contribution in [0, 0.1) is 5.41 Å². The molecule has 1 rings (SSSR count). The molecule has 0 radical (unpaired) electrons. The molecule has 0 bridgehead atoms. The van der Waals surface area contributed by atoms with Crippen molar-refractivity contribution in [3.05, 3.63) is 0 Å². The Morgan fingerprint density at radius 3 is 2.47 bits per heavy atom. The Labute approximate surface area is 90.0 Å². The third kappa shape index (κ3) is 4.42. The van der Waals surface area contributed by atoms with Crippen molar-refractivity contribution in [1.29, 1.82) is 0 Å². The summed E-state index contributed by atoms with van der Waals surface area (Å²) in [5, 5.41) is 11.6. The van der Waals surface area contributed by atoms with Crippen LogP contribution in [0.15, 0.2) is 0 Å². The van der Waals surface area contributed by atoms with Crippen LogP contribution in [-0.4, -0.2) is 29.9 Å². The lowest BCUT2D eigenvalue weighted by Crippen LogP contribution is -2.30. The van der Waals surface area contributed by atoms with Gasteiger partial charge in [-0.25, -0.2) is 0 Å².